The summed E-state index contributed by atoms with van der Waals surface area (Å²) in [5, 5.41) is 2.96. The van der Waals surface area contributed by atoms with Crippen LogP contribution in [-0.2, 0) is 9.53 Å². The second-order valence-electron chi connectivity index (χ2n) is 6.60. The summed E-state index contributed by atoms with van der Waals surface area (Å²) in [4.78, 5) is 11.8. The molecule has 1 fully saturated rings. The first kappa shape index (κ1) is 18.4. The van der Waals surface area contributed by atoms with Crippen molar-refractivity contribution in [3.8, 4) is 0 Å². The smallest absolute Gasteiger partial charge is 0.220 e. The predicted molar refractivity (Wildman–Crippen MR) is 87.1 cm³/mol. The van der Waals surface area contributed by atoms with Crippen LogP contribution in [0.2, 0.25) is 0 Å². The molecule has 21 heavy (non-hydrogen) atoms. The Morgan fingerprint density at radius 3 is 2.57 bits per heavy atom. The van der Waals surface area contributed by atoms with Gasteiger partial charge in [-0.3, -0.25) is 4.79 Å². The van der Waals surface area contributed by atoms with E-state index in [1.807, 2.05) is 0 Å². The van der Waals surface area contributed by atoms with Crippen molar-refractivity contribution in [3.63, 3.8) is 0 Å². The van der Waals surface area contributed by atoms with Crippen molar-refractivity contribution in [2.75, 3.05) is 19.7 Å². The van der Waals surface area contributed by atoms with Crippen molar-refractivity contribution in [1.29, 1.82) is 0 Å². The maximum Gasteiger partial charge on any atom is 0.220 e. The van der Waals surface area contributed by atoms with Crippen molar-refractivity contribution in [1.82, 2.24) is 5.32 Å². The third kappa shape index (κ3) is 8.42. The lowest BCUT2D eigenvalue weighted by Gasteiger charge is -2.22. The van der Waals surface area contributed by atoms with Gasteiger partial charge in [0, 0.05) is 13.0 Å². The summed E-state index contributed by atoms with van der Waals surface area (Å²) in [6.45, 7) is 6.40. The average Bonchev–Trinajstić information content (AvgIpc) is 2.48. The summed E-state index contributed by atoms with van der Waals surface area (Å²) in [6, 6.07) is 0. The number of ether oxygens (including phenoxy) is 1. The van der Waals surface area contributed by atoms with Crippen molar-refractivity contribution in [2.24, 2.45) is 17.6 Å². The maximum atomic E-state index is 11.8. The molecule has 0 aromatic rings. The molecule has 0 aromatic carbocycles. The van der Waals surface area contributed by atoms with E-state index in [2.05, 4.69) is 19.2 Å². The Bertz CT molecular complexity index is 276. The molecule has 1 amide bonds. The van der Waals surface area contributed by atoms with E-state index in [-0.39, 0.29) is 5.91 Å². The van der Waals surface area contributed by atoms with Crippen molar-refractivity contribution >= 4 is 5.91 Å². The van der Waals surface area contributed by atoms with E-state index in [0.29, 0.717) is 44.1 Å². The number of nitrogens with one attached hydrogen (secondary N) is 1. The van der Waals surface area contributed by atoms with E-state index < -0.39 is 0 Å². The molecule has 4 nitrogen and oxygen atoms in total. The minimum atomic E-state index is 0.143. The molecular formula is C17H34N2O2. The van der Waals surface area contributed by atoms with Gasteiger partial charge in [-0.2, -0.15) is 0 Å². The topological polar surface area (TPSA) is 64.4 Å². The Balaban J connectivity index is 2.04. The monoisotopic (exact) mass is 298 g/mol. The highest BCUT2D eigenvalue weighted by atomic mass is 16.5. The zero-order valence-corrected chi connectivity index (χ0v) is 13.9. The maximum absolute atomic E-state index is 11.8. The van der Waals surface area contributed by atoms with Crippen LogP contribution in [0.15, 0.2) is 0 Å². The number of amides is 1. The normalized spacial score (nSPS) is 17.9. The van der Waals surface area contributed by atoms with Gasteiger partial charge in [-0.1, -0.05) is 33.1 Å². The first-order valence-corrected chi connectivity index (χ1v) is 8.71. The lowest BCUT2D eigenvalue weighted by Crippen LogP contribution is -2.30. The Labute approximate surface area is 130 Å². The first-order valence-electron chi connectivity index (χ1n) is 8.71. The highest BCUT2D eigenvalue weighted by Gasteiger charge is 2.15. The van der Waals surface area contributed by atoms with E-state index >= 15 is 0 Å². The fourth-order valence-electron chi connectivity index (χ4n) is 3.08. The van der Waals surface area contributed by atoms with Gasteiger partial charge in [0.05, 0.1) is 12.7 Å². The molecule has 1 rings (SSSR count). The molecule has 0 spiro atoms. The third-order valence-corrected chi connectivity index (χ3v) is 4.55. The SMILES string of the molecule is CC(C)C(CCN)CCC(=O)NCCOC1CCCCC1. The van der Waals surface area contributed by atoms with Crippen LogP contribution in [0.1, 0.15) is 65.2 Å². The lowest BCUT2D eigenvalue weighted by molar-refractivity contribution is -0.121. The van der Waals surface area contributed by atoms with E-state index in [0.717, 1.165) is 12.8 Å². The standard InChI is InChI=1S/C17H34N2O2/c1-14(2)15(10-11-18)8-9-17(20)19-12-13-21-16-6-4-3-5-7-16/h14-16H,3-13,18H2,1-2H3,(H,19,20). The molecule has 0 bridgehead atoms. The van der Waals surface area contributed by atoms with Crippen LogP contribution in [0.5, 0.6) is 0 Å². The highest BCUT2D eigenvalue weighted by molar-refractivity contribution is 5.75. The minimum Gasteiger partial charge on any atom is -0.376 e. The molecule has 0 saturated heterocycles. The molecule has 0 aliphatic heterocycles. The van der Waals surface area contributed by atoms with Gasteiger partial charge < -0.3 is 15.8 Å². The van der Waals surface area contributed by atoms with Gasteiger partial charge in [0.25, 0.3) is 0 Å². The molecule has 1 aliphatic rings. The minimum absolute atomic E-state index is 0.143. The van der Waals surface area contributed by atoms with Gasteiger partial charge in [0.1, 0.15) is 0 Å². The van der Waals surface area contributed by atoms with Gasteiger partial charge in [0.2, 0.25) is 5.91 Å². The average molecular weight is 298 g/mol. The van der Waals surface area contributed by atoms with Crippen LogP contribution in [0.3, 0.4) is 0 Å². The number of carbonyl (C=O) groups is 1. The molecule has 1 unspecified atom stereocenters. The largest absolute Gasteiger partial charge is 0.376 e. The molecule has 0 aromatic heterocycles. The Morgan fingerprint density at radius 1 is 1.24 bits per heavy atom. The van der Waals surface area contributed by atoms with E-state index in [9.17, 15) is 4.79 Å². The molecule has 124 valence electrons. The first-order chi connectivity index (χ1) is 10.1. The van der Waals surface area contributed by atoms with Gasteiger partial charge >= 0.3 is 0 Å². The molecular weight excluding hydrogens is 264 g/mol. The third-order valence-electron chi connectivity index (χ3n) is 4.55. The summed E-state index contributed by atoms with van der Waals surface area (Å²) < 4.78 is 5.80. The van der Waals surface area contributed by atoms with Crippen LogP contribution in [-0.4, -0.2) is 31.7 Å². The van der Waals surface area contributed by atoms with Gasteiger partial charge in [-0.05, 0) is 44.1 Å². The highest BCUT2D eigenvalue weighted by Crippen LogP contribution is 2.21. The van der Waals surface area contributed by atoms with Crippen LogP contribution < -0.4 is 11.1 Å². The van der Waals surface area contributed by atoms with Gasteiger partial charge in [-0.25, -0.2) is 0 Å². The Morgan fingerprint density at radius 2 is 1.95 bits per heavy atom. The number of rotatable bonds is 10. The van der Waals surface area contributed by atoms with Crippen LogP contribution in [0.4, 0.5) is 0 Å². The molecule has 0 heterocycles. The fraction of sp³-hybridized carbons (Fsp3) is 0.941. The summed E-state index contributed by atoms with van der Waals surface area (Å²) >= 11 is 0. The Kier molecular flexibility index (Phi) is 9.68. The Hall–Kier alpha value is -0.610. The number of carbonyl (C=O) groups excluding carboxylic acids is 1. The zero-order chi connectivity index (χ0) is 15.5. The van der Waals surface area contributed by atoms with Crippen molar-refractivity contribution < 1.29 is 9.53 Å². The molecule has 1 atom stereocenters. The van der Waals surface area contributed by atoms with Gasteiger partial charge in [0.15, 0.2) is 0 Å². The number of hydrogen-bond donors (Lipinski definition) is 2. The molecule has 1 saturated carbocycles. The van der Waals surface area contributed by atoms with Crippen molar-refractivity contribution in [2.45, 2.75) is 71.3 Å². The summed E-state index contributed by atoms with van der Waals surface area (Å²) in [6.07, 6.45) is 9.25. The summed E-state index contributed by atoms with van der Waals surface area (Å²) in [7, 11) is 0. The second kappa shape index (κ2) is 11.0. The lowest BCUT2D eigenvalue weighted by atomic mass is 9.88. The van der Waals surface area contributed by atoms with Gasteiger partial charge in [-0.15, -0.1) is 0 Å². The number of nitrogens with two attached hydrogens (primary N) is 1. The molecule has 1 aliphatic carbocycles. The van der Waals surface area contributed by atoms with Crippen molar-refractivity contribution in [3.05, 3.63) is 0 Å². The van der Waals surface area contributed by atoms with E-state index in [1.54, 1.807) is 0 Å². The zero-order valence-electron chi connectivity index (χ0n) is 13.9. The number of hydrogen-bond acceptors (Lipinski definition) is 3. The summed E-state index contributed by atoms with van der Waals surface area (Å²) in [5.74, 6) is 1.29. The molecule has 4 heteroatoms. The summed E-state index contributed by atoms with van der Waals surface area (Å²) in [5.41, 5.74) is 5.63. The fourth-order valence-corrected chi connectivity index (χ4v) is 3.08. The predicted octanol–water partition coefficient (Wildman–Crippen LogP) is 2.85. The van der Waals surface area contributed by atoms with E-state index in [4.69, 9.17) is 10.5 Å². The quantitative estimate of drug-likeness (QED) is 0.610. The molecule has 3 N–H and O–H groups in total. The van der Waals surface area contributed by atoms with Crippen LogP contribution >= 0.6 is 0 Å². The molecule has 0 radical (unpaired) electrons. The van der Waals surface area contributed by atoms with Crippen LogP contribution in [0, 0.1) is 11.8 Å². The van der Waals surface area contributed by atoms with Crippen LogP contribution in [0.25, 0.3) is 0 Å². The van der Waals surface area contributed by atoms with E-state index in [1.165, 1.54) is 32.1 Å². The second-order valence-corrected chi connectivity index (χ2v) is 6.60.